The molecule has 0 aliphatic carbocycles. The van der Waals surface area contributed by atoms with Crippen LogP contribution in [0.25, 0.3) is 0 Å². The molecule has 0 bridgehead atoms. The van der Waals surface area contributed by atoms with Gasteiger partial charge in [-0.05, 0) is 49.4 Å². The second kappa shape index (κ2) is 10.3. The predicted octanol–water partition coefficient (Wildman–Crippen LogP) is 3.62. The first-order valence-electron chi connectivity index (χ1n) is 8.94. The number of methoxy groups -OCH3 is 1. The molecule has 0 fully saturated rings. The maximum absolute atomic E-state index is 11.8. The second-order valence-corrected chi connectivity index (χ2v) is 6.17. The van der Waals surface area contributed by atoms with Crippen LogP contribution in [0.5, 0.6) is 11.5 Å². The van der Waals surface area contributed by atoms with Gasteiger partial charge in [0.15, 0.2) is 0 Å². The lowest BCUT2D eigenvalue weighted by molar-refractivity contribution is 0.239. The molecule has 0 radical (unpaired) electrons. The maximum atomic E-state index is 11.8. The van der Waals surface area contributed by atoms with E-state index in [9.17, 15) is 4.79 Å². The Hall–Kier alpha value is -2.69. The van der Waals surface area contributed by atoms with Crippen molar-refractivity contribution in [2.45, 2.75) is 26.7 Å². The van der Waals surface area contributed by atoms with E-state index >= 15 is 0 Å². The van der Waals surface area contributed by atoms with Crippen LogP contribution in [-0.2, 0) is 6.42 Å². The third kappa shape index (κ3) is 5.99. The molecule has 0 aromatic heterocycles. The number of carbonyl (C=O) groups is 1. The number of hydrogen-bond donors (Lipinski definition) is 2. The van der Waals surface area contributed by atoms with E-state index in [1.807, 2.05) is 56.3 Å². The highest BCUT2D eigenvalue weighted by Gasteiger charge is 2.05. The van der Waals surface area contributed by atoms with Crippen molar-refractivity contribution in [2.75, 3.05) is 26.8 Å². The zero-order chi connectivity index (χ0) is 18.8. The average molecular weight is 356 g/mol. The number of ether oxygens (including phenoxy) is 2. The number of nitrogens with one attached hydrogen (secondary N) is 2. The second-order valence-electron chi connectivity index (χ2n) is 6.17. The number of amides is 2. The molecule has 0 unspecified atom stereocenters. The highest BCUT2D eigenvalue weighted by atomic mass is 16.5. The van der Waals surface area contributed by atoms with Crippen LogP contribution in [0.15, 0.2) is 42.5 Å². The SMILES string of the molecule is COc1ccccc1CCNC(=O)NCCCOc1c(C)cccc1C. The van der Waals surface area contributed by atoms with Gasteiger partial charge in [0, 0.05) is 13.1 Å². The molecule has 5 heteroatoms. The van der Waals surface area contributed by atoms with Gasteiger partial charge in [0.25, 0.3) is 0 Å². The Balaban J connectivity index is 1.60. The third-order valence-corrected chi connectivity index (χ3v) is 4.13. The van der Waals surface area contributed by atoms with E-state index in [4.69, 9.17) is 9.47 Å². The van der Waals surface area contributed by atoms with E-state index in [0.29, 0.717) is 19.7 Å². The van der Waals surface area contributed by atoms with Crippen molar-refractivity contribution in [2.24, 2.45) is 0 Å². The number of para-hydroxylation sites is 2. The molecular weight excluding hydrogens is 328 g/mol. The zero-order valence-electron chi connectivity index (χ0n) is 15.8. The van der Waals surface area contributed by atoms with Crippen molar-refractivity contribution in [3.63, 3.8) is 0 Å². The molecule has 5 nitrogen and oxygen atoms in total. The summed E-state index contributed by atoms with van der Waals surface area (Å²) in [7, 11) is 1.65. The Bertz CT molecular complexity index is 696. The van der Waals surface area contributed by atoms with Crippen molar-refractivity contribution in [1.29, 1.82) is 0 Å². The van der Waals surface area contributed by atoms with Crippen LogP contribution in [0.4, 0.5) is 4.79 Å². The van der Waals surface area contributed by atoms with Crippen LogP contribution in [-0.4, -0.2) is 32.8 Å². The smallest absolute Gasteiger partial charge is 0.314 e. The fourth-order valence-corrected chi connectivity index (χ4v) is 2.76. The largest absolute Gasteiger partial charge is 0.496 e. The van der Waals surface area contributed by atoms with Crippen molar-refractivity contribution in [3.05, 3.63) is 59.2 Å². The van der Waals surface area contributed by atoms with Gasteiger partial charge in [-0.1, -0.05) is 36.4 Å². The topological polar surface area (TPSA) is 59.6 Å². The van der Waals surface area contributed by atoms with Gasteiger partial charge in [-0.15, -0.1) is 0 Å². The third-order valence-electron chi connectivity index (χ3n) is 4.13. The summed E-state index contributed by atoms with van der Waals surface area (Å²) in [6.45, 7) is 5.79. The van der Waals surface area contributed by atoms with Crippen molar-refractivity contribution >= 4 is 6.03 Å². The van der Waals surface area contributed by atoms with Crippen LogP contribution in [0, 0.1) is 13.8 Å². The minimum atomic E-state index is -0.160. The summed E-state index contributed by atoms with van der Waals surface area (Å²) in [6, 6.07) is 13.8. The monoisotopic (exact) mass is 356 g/mol. The van der Waals surface area contributed by atoms with E-state index < -0.39 is 0 Å². The summed E-state index contributed by atoms with van der Waals surface area (Å²) in [6.07, 6.45) is 1.49. The van der Waals surface area contributed by atoms with Crippen LogP contribution >= 0.6 is 0 Å². The van der Waals surface area contributed by atoms with E-state index in [-0.39, 0.29) is 6.03 Å². The van der Waals surface area contributed by atoms with E-state index in [1.165, 1.54) is 0 Å². The van der Waals surface area contributed by atoms with Gasteiger partial charge in [-0.3, -0.25) is 0 Å². The molecule has 0 spiro atoms. The van der Waals surface area contributed by atoms with Gasteiger partial charge in [0.1, 0.15) is 11.5 Å². The minimum Gasteiger partial charge on any atom is -0.496 e. The zero-order valence-corrected chi connectivity index (χ0v) is 15.8. The van der Waals surface area contributed by atoms with E-state index in [1.54, 1.807) is 7.11 Å². The lowest BCUT2D eigenvalue weighted by Crippen LogP contribution is -2.37. The van der Waals surface area contributed by atoms with Gasteiger partial charge < -0.3 is 20.1 Å². The lowest BCUT2D eigenvalue weighted by Gasteiger charge is -2.12. The Labute approximate surface area is 155 Å². The van der Waals surface area contributed by atoms with Crippen molar-refractivity contribution in [1.82, 2.24) is 10.6 Å². The first-order chi connectivity index (χ1) is 12.6. The molecule has 2 rings (SSSR count). The molecule has 0 saturated heterocycles. The van der Waals surface area contributed by atoms with Crippen LogP contribution in [0.2, 0.25) is 0 Å². The molecule has 26 heavy (non-hydrogen) atoms. The molecule has 2 N–H and O–H groups in total. The summed E-state index contributed by atoms with van der Waals surface area (Å²) in [5.41, 5.74) is 3.34. The molecule has 140 valence electrons. The van der Waals surface area contributed by atoms with E-state index in [0.717, 1.165) is 41.0 Å². The first kappa shape index (κ1) is 19.6. The van der Waals surface area contributed by atoms with Gasteiger partial charge in [-0.2, -0.15) is 0 Å². The van der Waals surface area contributed by atoms with Gasteiger partial charge in [0.05, 0.1) is 13.7 Å². The van der Waals surface area contributed by atoms with Crippen molar-refractivity contribution in [3.8, 4) is 11.5 Å². The number of rotatable bonds is 9. The number of hydrogen-bond acceptors (Lipinski definition) is 3. The molecule has 2 amide bonds. The van der Waals surface area contributed by atoms with Gasteiger partial charge >= 0.3 is 6.03 Å². The number of carbonyl (C=O) groups excluding carboxylic acids is 1. The van der Waals surface area contributed by atoms with Crippen LogP contribution in [0.1, 0.15) is 23.1 Å². The normalized spacial score (nSPS) is 10.3. The number of urea groups is 1. The first-order valence-corrected chi connectivity index (χ1v) is 8.94. The molecule has 0 saturated carbocycles. The summed E-state index contributed by atoms with van der Waals surface area (Å²) in [5, 5.41) is 5.71. The summed E-state index contributed by atoms with van der Waals surface area (Å²) in [5.74, 6) is 1.78. The molecule has 2 aromatic carbocycles. The molecular formula is C21H28N2O3. The Morgan fingerprint density at radius 3 is 2.38 bits per heavy atom. The number of benzene rings is 2. The van der Waals surface area contributed by atoms with Gasteiger partial charge in [0.2, 0.25) is 0 Å². The molecule has 2 aromatic rings. The summed E-state index contributed by atoms with van der Waals surface area (Å²) in [4.78, 5) is 11.8. The predicted molar refractivity (Wildman–Crippen MR) is 104 cm³/mol. The summed E-state index contributed by atoms with van der Waals surface area (Å²) < 4.78 is 11.1. The van der Waals surface area contributed by atoms with Crippen LogP contribution < -0.4 is 20.1 Å². The van der Waals surface area contributed by atoms with E-state index in [2.05, 4.69) is 10.6 Å². The standard InChI is InChI=1S/C21H28N2O3/c1-16-8-6-9-17(2)20(16)26-15-7-13-22-21(24)23-14-12-18-10-4-5-11-19(18)25-3/h4-6,8-11H,7,12-15H2,1-3H3,(H2,22,23,24). The Morgan fingerprint density at radius 1 is 0.962 bits per heavy atom. The maximum Gasteiger partial charge on any atom is 0.314 e. The molecule has 0 heterocycles. The lowest BCUT2D eigenvalue weighted by atomic mass is 10.1. The molecule has 0 aliphatic rings. The Morgan fingerprint density at radius 2 is 1.65 bits per heavy atom. The highest BCUT2D eigenvalue weighted by Crippen LogP contribution is 2.22. The fraction of sp³-hybridized carbons (Fsp3) is 0.381. The van der Waals surface area contributed by atoms with Crippen molar-refractivity contribution < 1.29 is 14.3 Å². The molecule has 0 atom stereocenters. The van der Waals surface area contributed by atoms with Crippen LogP contribution in [0.3, 0.4) is 0 Å². The minimum absolute atomic E-state index is 0.160. The average Bonchev–Trinajstić information content (AvgIpc) is 2.64. The van der Waals surface area contributed by atoms with Gasteiger partial charge in [-0.25, -0.2) is 4.79 Å². The fourth-order valence-electron chi connectivity index (χ4n) is 2.76. The summed E-state index contributed by atoms with van der Waals surface area (Å²) >= 11 is 0. The number of aryl methyl sites for hydroxylation is 2. The highest BCUT2D eigenvalue weighted by molar-refractivity contribution is 5.73. The molecule has 0 aliphatic heterocycles. The quantitative estimate of drug-likeness (QED) is 0.675. The Kier molecular flexibility index (Phi) is 7.80.